The molecule has 0 saturated heterocycles. The van der Waals surface area contributed by atoms with Crippen LogP contribution in [-0.4, -0.2) is 31.0 Å². The zero-order valence-corrected chi connectivity index (χ0v) is 19.2. The lowest BCUT2D eigenvalue weighted by molar-refractivity contribution is 0.324. The third-order valence-electron chi connectivity index (χ3n) is 5.83. The molecule has 164 valence electrons. The molecule has 0 spiro atoms. The van der Waals surface area contributed by atoms with Gasteiger partial charge in [0.2, 0.25) is 0 Å². The van der Waals surface area contributed by atoms with Gasteiger partial charge in [-0.3, -0.25) is 19.3 Å². The first-order valence-electron chi connectivity index (χ1n) is 11.0. The molecule has 0 fully saturated rings. The predicted molar refractivity (Wildman–Crippen MR) is 128 cm³/mol. The van der Waals surface area contributed by atoms with Crippen molar-refractivity contribution in [1.29, 1.82) is 0 Å². The summed E-state index contributed by atoms with van der Waals surface area (Å²) in [6.07, 6.45) is 11.4. The highest BCUT2D eigenvalue weighted by Crippen LogP contribution is 2.28. The van der Waals surface area contributed by atoms with Crippen molar-refractivity contribution in [3.05, 3.63) is 93.2 Å². The molecule has 0 aromatic carbocycles. The average Bonchev–Trinajstić information content (AvgIpc) is 2.80. The Morgan fingerprint density at radius 1 is 1.16 bits per heavy atom. The number of aryl methyl sites for hydroxylation is 1. The zero-order valence-electron chi connectivity index (χ0n) is 19.2. The standard InChI is InChI=1S/C26H29N5O/c1-5-6-24(19(3)13-25-27-11-9-26(32)30(25)4)31-12-10-23-21(17-31)14-20(16-29-23)22-8-7-18(2)15-28-22/h6-9,11,13-16H,5,10,12,17H2,1-4H3/b19-13-,24-6-. The fraction of sp³-hybridized carbons (Fsp3) is 0.308. The second-order valence-corrected chi connectivity index (χ2v) is 8.25. The van der Waals surface area contributed by atoms with Crippen LogP contribution in [0, 0.1) is 6.92 Å². The summed E-state index contributed by atoms with van der Waals surface area (Å²) in [5, 5.41) is 0. The van der Waals surface area contributed by atoms with Crippen LogP contribution in [0.4, 0.5) is 0 Å². The summed E-state index contributed by atoms with van der Waals surface area (Å²) in [5.41, 5.74) is 7.73. The van der Waals surface area contributed by atoms with Crippen LogP contribution in [0.2, 0.25) is 0 Å². The second kappa shape index (κ2) is 9.30. The van der Waals surface area contributed by atoms with Crippen molar-refractivity contribution in [1.82, 2.24) is 24.4 Å². The molecular formula is C26H29N5O. The Kier molecular flexibility index (Phi) is 6.30. The summed E-state index contributed by atoms with van der Waals surface area (Å²) in [4.78, 5) is 28.1. The maximum Gasteiger partial charge on any atom is 0.253 e. The topological polar surface area (TPSA) is 63.9 Å². The summed E-state index contributed by atoms with van der Waals surface area (Å²) in [5.74, 6) is 0.656. The molecule has 4 heterocycles. The number of fused-ring (bicyclic) bond motifs is 1. The Hall–Kier alpha value is -3.54. The highest BCUT2D eigenvalue weighted by Gasteiger charge is 2.21. The minimum atomic E-state index is -0.0599. The predicted octanol–water partition coefficient (Wildman–Crippen LogP) is 4.30. The Labute approximate surface area is 189 Å². The third kappa shape index (κ3) is 4.54. The molecule has 0 aliphatic carbocycles. The Morgan fingerprint density at radius 3 is 2.75 bits per heavy atom. The van der Waals surface area contributed by atoms with E-state index in [1.807, 2.05) is 31.5 Å². The second-order valence-electron chi connectivity index (χ2n) is 8.25. The van der Waals surface area contributed by atoms with E-state index in [0.717, 1.165) is 54.0 Å². The number of allylic oxidation sites excluding steroid dienone is 2. The molecule has 3 aromatic heterocycles. The Balaban J connectivity index is 1.63. The first-order valence-corrected chi connectivity index (χ1v) is 11.0. The summed E-state index contributed by atoms with van der Waals surface area (Å²) in [6, 6.07) is 7.82. The van der Waals surface area contributed by atoms with E-state index in [0.29, 0.717) is 5.82 Å². The van der Waals surface area contributed by atoms with Crippen molar-refractivity contribution in [2.75, 3.05) is 6.54 Å². The van der Waals surface area contributed by atoms with Crippen molar-refractivity contribution in [3.63, 3.8) is 0 Å². The normalized spacial score (nSPS) is 14.4. The minimum absolute atomic E-state index is 0.0599. The quantitative estimate of drug-likeness (QED) is 0.568. The number of rotatable bonds is 5. The molecule has 0 bridgehead atoms. The van der Waals surface area contributed by atoms with Crippen LogP contribution >= 0.6 is 0 Å². The summed E-state index contributed by atoms with van der Waals surface area (Å²) < 4.78 is 1.57. The van der Waals surface area contributed by atoms with Gasteiger partial charge in [-0.05, 0) is 55.2 Å². The maximum absolute atomic E-state index is 12.0. The van der Waals surface area contributed by atoms with Crippen molar-refractivity contribution >= 4 is 6.08 Å². The van der Waals surface area contributed by atoms with Gasteiger partial charge in [-0.15, -0.1) is 0 Å². The number of hydrogen-bond acceptors (Lipinski definition) is 5. The van der Waals surface area contributed by atoms with Gasteiger partial charge in [0.1, 0.15) is 5.82 Å². The SMILES string of the molecule is CC/C=C(/C(C)=C\c1nccc(=O)n1C)N1CCc2ncc(-c3ccc(C)cn3)cc2C1. The van der Waals surface area contributed by atoms with Crippen molar-refractivity contribution < 1.29 is 0 Å². The van der Waals surface area contributed by atoms with Gasteiger partial charge in [-0.2, -0.15) is 0 Å². The molecule has 0 unspecified atom stereocenters. The van der Waals surface area contributed by atoms with Crippen LogP contribution in [0.3, 0.4) is 0 Å². The minimum Gasteiger partial charge on any atom is -0.367 e. The molecule has 0 saturated carbocycles. The molecule has 6 nitrogen and oxygen atoms in total. The molecule has 0 radical (unpaired) electrons. The lowest BCUT2D eigenvalue weighted by Gasteiger charge is -2.33. The van der Waals surface area contributed by atoms with Crippen LogP contribution < -0.4 is 5.56 Å². The van der Waals surface area contributed by atoms with E-state index in [1.165, 1.54) is 17.3 Å². The van der Waals surface area contributed by atoms with Gasteiger partial charge < -0.3 is 4.90 Å². The fourth-order valence-electron chi connectivity index (χ4n) is 4.03. The van der Waals surface area contributed by atoms with Crippen molar-refractivity contribution in [3.8, 4) is 11.3 Å². The third-order valence-corrected chi connectivity index (χ3v) is 5.83. The molecule has 1 aliphatic heterocycles. The molecule has 1 aliphatic rings. The Morgan fingerprint density at radius 2 is 2.00 bits per heavy atom. The van der Waals surface area contributed by atoms with Crippen molar-refractivity contribution in [2.45, 2.75) is 40.2 Å². The van der Waals surface area contributed by atoms with E-state index in [4.69, 9.17) is 4.98 Å². The number of hydrogen-bond donors (Lipinski definition) is 0. The van der Waals surface area contributed by atoms with Gasteiger partial charge in [0.05, 0.1) is 5.69 Å². The lowest BCUT2D eigenvalue weighted by atomic mass is 10.00. The van der Waals surface area contributed by atoms with Crippen molar-refractivity contribution in [2.24, 2.45) is 7.05 Å². The number of nitrogens with zero attached hydrogens (tertiary/aromatic N) is 5. The molecule has 0 atom stereocenters. The van der Waals surface area contributed by atoms with Gasteiger partial charge in [-0.25, -0.2) is 4.98 Å². The molecule has 32 heavy (non-hydrogen) atoms. The molecule has 6 heteroatoms. The summed E-state index contributed by atoms with van der Waals surface area (Å²) in [7, 11) is 1.75. The van der Waals surface area contributed by atoms with E-state index in [-0.39, 0.29) is 5.56 Å². The van der Waals surface area contributed by atoms with Crippen LogP contribution in [-0.2, 0) is 20.0 Å². The monoisotopic (exact) mass is 427 g/mol. The molecule has 4 rings (SSSR count). The number of pyridine rings is 2. The van der Waals surface area contributed by atoms with E-state index >= 15 is 0 Å². The molecular weight excluding hydrogens is 398 g/mol. The van der Waals surface area contributed by atoms with Gasteiger partial charge in [0.25, 0.3) is 5.56 Å². The Bertz CT molecular complexity index is 1240. The summed E-state index contributed by atoms with van der Waals surface area (Å²) >= 11 is 0. The van der Waals surface area contributed by atoms with Crippen LogP contribution in [0.1, 0.15) is 42.9 Å². The highest BCUT2D eigenvalue weighted by atomic mass is 16.1. The van der Waals surface area contributed by atoms with Crippen LogP contribution in [0.25, 0.3) is 17.3 Å². The lowest BCUT2D eigenvalue weighted by Crippen LogP contribution is -2.31. The van der Waals surface area contributed by atoms with Crippen LogP contribution in [0.15, 0.2) is 65.0 Å². The van der Waals surface area contributed by atoms with Crippen LogP contribution in [0.5, 0.6) is 0 Å². The van der Waals surface area contributed by atoms with Gasteiger partial charge >= 0.3 is 0 Å². The fourth-order valence-corrected chi connectivity index (χ4v) is 4.03. The molecule has 0 N–H and O–H groups in total. The smallest absolute Gasteiger partial charge is 0.253 e. The van der Waals surface area contributed by atoms with E-state index in [2.05, 4.69) is 46.9 Å². The first-order chi connectivity index (χ1) is 15.5. The first kappa shape index (κ1) is 21.7. The van der Waals surface area contributed by atoms with E-state index in [9.17, 15) is 4.79 Å². The molecule has 0 amide bonds. The largest absolute Gasteiger partial charge is 0.367 e. The van der Waals surface area contributed by atoms with Gasteiger partial charge in [0.15, 0.2) is 0 Å². The van der Waals surface area contributed by atoms with E-state index in [1.54, 1.807) is 17.8 Å². The average molecular weight is 428 g/mol. The van der Waals surface area contributed by atoms with Gasteiger partial charge in [-0.1, -0.05) is 19.1 Å². The van der Waals surface area contributed by atoms with Gasteiger partial charge in [0, 0.05) is 68.2 Å². The summed E-state index contributed by atoms with van der Waals surface area (Å²) in [6.45, 7) is 7.96. The zero-order chi connectivity index (χ0) is 22.7. The van der Waals surface area contributed by atoms with E-state index < -0.39 is 0 Å². The molecule has 3 aromatic rings. The number of aromatic nitrogens is 4. The highest BCUT2D eigenvalue weighted by molar-refractivity contribution is 5.60. The maximum atomic E-state index is 12.0.